The summed E-state index contributed by atoms with van der Waals surface area (Å²) in [6, 6.07) is 8.68. The van der Waals surface area contributed by atoms with Crippen LogP contribution in [0, 0.1) is 0 Å². The fraction of sp³-hybridized carbons (Fsp3) is 0.375. The molecule has 0 bridgehead atoms. The van der Waals surface area contributed by atoms with Crippen LogP contribution in [0.1, 0.15) is 29.8 Å². The maximum Gasteiger partial charge on any atom is 0.328 e. The number of fused-ring (bicyclic) bond motifs is 1. The van der Waals surface area contributed by atoms with E-state index < -0.39 is 6.04 Å². The Kier molecular flexibility index (Phi) is 3.64. The highest BCUT2D eigenvalue weighted by Gasteiger charge is 2.34. The van der Waals surface area contributed by atoms with Crippen molar-refractivity contribution in [1.29, 1.82) is 0 Å². The van der Waals surface area contributed by atoms with Gasteiger partial charge in [0.1, 0.15) is 11.6 Å². The predicted molar refractivity (Wildman–Crippen MR) is 76.9 cm³/mol. The molecule has 5 heteroatoms. The van der Waals surface area contributed by atoms with E-state index in [-0.39, 0.29) is 17.6 Å². The number of piperidine rings is 1. The molecule has 0 radical (unpaired) electrons. The Morgan fingerprint density at radius 3 is 2.86 bits per heavy atom. The lowest BCUT2D eigenvalue weighted by molar-refractivity contribution is -0.147. The van der Waals surface area contributed by atoms with Crippen molar-refractivity contribution in [1.82, 2.24) is 4.90 Å². The highest BCUT2D eigenvalue weighted by molar-refractivity contribution is 5.98. The van der Waals surface area contributed by atoms with Crippen LogP contribution >= 0.6 is 0 Å². The van der Waals surface area contributed by atoms with E-state index in [1.54, 1.807) is 11.0 Å². The van der Waals surface area contributed by atoms with Gasteiger partial charge in [-0.1, -0.05) is 18.2 Å². The molecule has 0 unspecified atom stereocenters. The molecule has 1 atom stereocenters. The van der Waals surface area contributed by atoms with Gasteiger partial charge in [0.25, 0.3) is 5.91 Å². The van der Waals surface area contributed by atoms with Crippen molar-refractivity contribution >= 4 is 22.8 Å². The third-order valence-corrected chi connectivity index (χ3v) is 3.87. The first-order chi connectivity index (χ1) is 10.2. The SMILES string of the molecule is COC(=O)[C@H]1CCCCN1C(=O)c1cc2ccccc2o1. The van der Waals surface area contributed by atoms with Crippen LogP contribution in [0.25, 0.3) is 11.0 Å². The van der Waals surface area contributed by atoms with Gasteiger partial charge in [0.05, 0.1) is 7.11 Å². The Morgan fingerprint density at radius 1 is 1.29 bits per heavy atom. The maximum absolute atomic E-state index is 12.6. The number of hydrogen-bond donors (Lipinski definition) is 0. The van der Waals surface area contributed by atoms with Crippen LogP contribution in [-0.2, 0) is 9.53 Å². The summed E-state index contributed by atoms with van der Waals surface area (Å²) in [5.41, 5.74) is 0.674. The van der Waals surface area contributed by atoms with Gasteiger partial charge in [-0.25, -0.2) is 4.79 Å². The number of nitrogens with zero attached hydrogens (tertiary/aromatic N) is 1. The molecule has 2 aromatic rings. The number of methoxy groups -OCH3 is 1. The minimum atomic E-state index is -0.510. The zero-order chi connectivity index (χ0) is 14.8. The zero-order valence-electron chi connectivity index (χ0n) is 11.9. The van der Waals surface area contributed by atoms with Crippen LogP contribution in [0.15, 0.2) is 34.7 Å². The summed E-state index contributed by atoms with van der Waals surface area (Å²) in [5.74, 6) is -0.340. The summed E-state index contributed by atoms with van der Waals surface area (Å²) in [4.78, 5) is 26.0. The van der Waals surface area contributed by atoms with Crippen molar-refractivity contribution < 1.29 is 18.7 Å². The number of para-hydroxylation sites is 1. The van der Waals surface area contributed by atoms with Gasteiger partial charge in [-0.15, -0.1) is 0 Å². The van der Waals surface area contributed by atoms with Gasteiger partial charge in [-0.05, 0) is 31.4 Å². The second-order valence-electron chi connectivity index (χ2n) is 5.18. The smallest absolute Gasteiger partial charge is 0.328 e. The third kappa shape index (κ3) is 2.51. The lowest BCUT2D eigenvalue weighted by Crippen LogP contribution is -2.48. The van der Waals surface area contributed by atoms with E-state index in [2.05, 4.69) is 0 Å². The molecule has 1 aliphatic rings. The number of rotatable bonds is 2. The second kappa shape index (κ2) is 5.60. The van der Waals surface area contributed by atoms with Crippen LogP contribution in [0.3, 0.4) is 0 Å². The lowest BCUT2D eigenvalue weighted by Gasteiger charge is -2.33. The molecular weight excluding hydrogens is 270 g/mol. The molecule has 1 saturated heterocycles. The van der Waals surface area contributed by atoms with Gasteiger partial charge in [0.2, 0.25) is 0 Å². The number of carbonyl (C=O) groups is 2. The van der Waals surface area contributed by atoms with Crippen LogP contribution in [-0.4, -0.2) is 36.5 Å². The zero-order valence-corrected chi connectivity index (χ0v) is 11.9. The van der Waals surface area contributed by atoms with Gasteiger partial charge in [-0.3, -0.25) is 4.79 Å². The number of ether oxygens (including phenoxy) is 1. The molecule has 1 aromatic carbocycles. The molecule has 0 aliphatic carbocycles. The largest absolute Gasteiger partial charge is 0.467 e. The van der Waals surface area contributed by atoms with E-state index in [4.69, 9.17) is 9.15 Å². The molecular formula is C16H17NO4. The standard InChI is InChI=1S/C16H17NO4/c1-20-16(19)12-7-4-5-9-17(12)15(18)14-10-11-6-2-3-8-13(11)21-14/h2-3,6,8,10,12H,4-5,7,9H2,1H3/t12-/m1/s1. The minimum absolute atomic E-state index is 0.249. The first-order valence-electron chi connectivity index (χ1n) is 7.08. The van der Waals surface area contributed by atoms with Crippen LogP contribution < -0.4 is 0 Å². The Bertz CT molecular complexity index is 643. The molecule has 3 rings (SSSR count). The number of furan rings is 1. The monoisotopic (exact) mass is 287 g/mol. The quantitative estimate of drug-likeness (QED) is 0.797. The summed E-state index contributed by atoms with van der Waals surface area (Å²) in [6.45, 7) is 0.551. The second-order valence-corrected chi connectivity index (χ2v) is 5.18. The van der Waals surface area contributed by atoms with Gasteiger partial charge < -0.3 is 14.1 Å². The van der Waals surface area contributed by atoms with E-state index in [1.165, 1.54) is 7.11 Å². The topological polar surface area (TPSA) is 59.8 Å². The summed E-state index contributed by atoms with van der Waals surface area (Å²) >= 11 is 0. The molecule has 110 valence electrons. The van der Waals surface area contributed by atoms with Gasteiger partial charge in [0.15, 0.2) is 5.76 Å². The molecule has 0 saturated carbocycles. The van der Waals surface area contributed by atoms with E-state index in [0.717, 1.165) is 18.2 Å². The molecule has 21 heavy (non-hydrogen) atoms. The van der Waals surface area contributed by atoms with E-state index in [9.17, 15) is 9.59 Å². The molecule has 1 aromatic heterocycles. The first kappa shape index (κ1) is 13.7. The van der Waals surface area contributed by atoms with Crippen LogP contribution in [0.2, 0.25) is 0 Å². The minimum Gasteiger partial charge on any atom is -0.467 e. The fourth-order valence-electron chi connectivity index (χ4n) is 2.78. The van der Waals surface area contributed by atoms with Crippen molar-refractivity contribution in [3.63, 3.8) is 0 Å². The highest BCUT2D eigenvalue weighted by atomic mass is 16.5. The average molecular weight is 287 g/mol. The van der Waals surface area contributed by atoms with E-state index in [0.29, 0.717) is 18.5 Å². The highest BCUT2D eigenvalue weighted by Crippen LogP contribution is 2.24. The first-order valence-corrected chi connectivity index (χ1v) is 7.08. The van der Waals surface area contributed by atoms with Gasteiger partial charge >= 0.3 is 5.97 Å². The third-order valence-electron chi connectivity index (χ3n) is 3.87. The number of esters is 1. The van der Waals surface area contributed by atoms with Crippen LogP contribution in [0.4, 0.5) is 0 Å². The summed E-state index contributed by atoms with van der Waals surface area (Å²) in [5, 5.41) is 0.882. The van der Waals surface area contributed by atoms with Crippen molar-refractivity contribution in [2.24, 2.45) is 0 Å². The van der Waals surface area contributed by atoms with E-state index in [1.807, 2.05) is 24.3 Å². The average Bonchev–Trinajstić information content (AvgIpc) is 2.97. The van der Waals surface area contributed by atoms with E-state index >= 15 is 0 Å². The number of carbonyl (C=O) groups excluding carboxylic acids is 2. The lowest BCUT2D eigenvalue weighted by atomic mass is 10.0. The van der Waals surface area contributed by atoms with Crippen molar-refractivity contribution in [3.8, 4) is 0 Å². The molecule has 0 spiro atoms. The molecule has 0 N–H and O–H groups in total. The Balaban J connectivity index is 1.90. The van der Waals surface area contributed by atoms with Gasteiger partial charge in [0, 0.05) is 11.9 Å². The molecule has 1 fully saturated rings. The molecule has 1 amide bonds. The normalized spacial score (nSPS) is 18.7. The number of likely N-dealkylation sites (tertiary alicyclic amines) is 1. The van der Waals surface area contributed by atoms with Crippen molar-refractivity contribution in [3.05, 3.63) is 36.1 Å². The fourth-order valence-corrected chi connectivity index (χ4v) is 2.78. The molecule has 1 aliphatic heterocycles. The number of benzene rings is 1. The summed E-state index contributed by atoms with van der Waals surface area (Å²) in [7, 11) is 1.35. The van der Waals surface area contributed by atoms with Crippen molar-refractivity contribution in [2.45, 2.75) is 25.3 Å². The molecule has 2 heterocycles. The maximum atomic E-state index is 12.6. The Labute approximate surface area is 122 Å². The van der Waals surface area contributed by atoms with Crippen molar-refractivity contribution in [2.75, 3.05) is 13.7 Å². The predicted octanol–water partition coefficient (Wildman–Crippen LogP) is 2.60. The Morgan fingerprint density at radius 2 is 2.10 bits per heavy atom. The Hall–Kier alpha value is -2.30. The molecule has 5 nitrogen and oxygen atoms in total. The van der Waals surface area contributed by atoms with Gasteiger partial charge in [-0.2, -0.15) is 0 Å². The summed E-state index contributed by atoms with van der Waals surface area (Å²) < 4.78 is 10.4. The number of hydrogen-bond acceptors (Lipinski definition) is 4. The number of amides is 1. The summed E-state index contributed by atoms with van der Waals surface area (Å²) in [6.07, 6.45) is 2.45. The van der Waals surface area contributed by atoms with Crippen LogP contribution in [0.5, 0.6) is 0 Å².